The molecule has 7 heteroatoms. The average Bonchev–Trinajstić information content (AvgIpc) is 2.94. The lowest BCUT2D eigenvalue weighted by Crippen LogP contribution is -2.47. The van der Waals surface area contributed by atoms with Crippen LogP contribution in [0.15, 0.2) is 73.1 Å². The summed E-state index contributed by atoms with van der Waals surface area (Å²) in [5.74, 6) is -0.351. The van der Waals surface area contributed by atoms with Crippen LogP contribution in [0, 0.1) is 5.92 Å². The number of fused-ring (bicyclic) bond motifs is 3. The first kappa shape index (κ1) is 25.5. The number of pyridine rings is 1. The van der Waals surface area contributed by atoms with E-state index in [1.807, 2.05) is 62.4 Å². The lowest BCUT2D eigenvalue weighted by molar-refractivity contribution is -0.0209. The van der Waals surface area contributed by atoms with Crippen LogP contribution in [0.2, 0.25) is 0 Å². The third kappa shape index (κ3) is 5.48. The lowest BCUT2D eigenvalue weighted by Gasteiger charge is -2.35. The van der Waals surface area contributed by atoms with Crippen molar-refractivity contribution < 1.29 is 19.4 Å². The number of hydrogen-bond donors (Lipinski definition) is 1. The lowest BCUT2D eigenvalue weighted by atomic mass is 9.94. The molecule has 0 bridgehead atoms. The van der Waals surface area contributed by atoms with Gasteiger partial charge in [-0.05, 0) is 41.8 Å². The van der Waals surface area contributed by atoms with Gasteiger partial charge >= 0.3 is 0 Å². The number of carbonyl (C=O) groups is 2. The SMILES string of the molecule is C[C@@H]1CN([C@@H](C)CO)C(=O)c2ccccc2-c2ccccc2CO[C@@H]1CN(C)C(=O)c1ccncc1. The van der Waals surface area contributed by atoms with E-state index >= 15 is 0 Å². The Bertz CT molecular complexity index is 1200. The molecule has 1 aliphatic rings. The molecule has 188 valence electrons. The summed E-state index contributed by atoms with van der Waals surface area (Å²) < 4.78 is 6.47. The van der Waals surface area contributed by atoms with Gasteiger partial charge in [-0.1, -0.05) is 49.4 Å². The average molecular weight is 488 g/mol. The maximum Gasteiger partial charge on any atom is 0.254 e. The van der Waals surface area contributed by atoms with E-state index in [0.29, 0.717) is 30.8 Å². The zero-order chi connectivity index (χ0) is 25.7. The molecule has 3 aromatic rings. The van der Waals surface area contributed by atoms with Crippen molar-refractivity contribution in [2.24, 2.45) is 5.92 Å². The Balaban J connectivity index is 1.71. The first-order valence-electron chi connectivity index (χ1n) is 12.3. The number of ether oxygens (including phenoxy) is 1. The smallest absolute Gasteiger partial charge is 0.254 e. The number of nitrogens with zero attached hydrogens (tertiary/aromatic N) is 3. The Morgan fingerprint density at radius 1 is 1.08 bits per heavy atom. The second-order valence-corrected chi connectivity index (χ2v) is 9.44. The fraction of sp³-hybridized carbons (Fsp3) is 0.345. The van der Waals surface area contributed by atoms with Crippen LogP contribution in [-0.2, 0) is 11.3 Å². The van der Waals surface area contributed by atoms with Gasteiger partial charge in [0, 0.05) is 49.6 Å². The minimum Gasteiger partial charge on any atom is -0.394 e. The topological polar surface area (TPSA) is 83.0 Å². The van der Waals surface area contributed by atoms with Crippen molar-refractivity contribution in [1.29, 1.82) is 0 Å². The molecule has 7 nitrogen and oxygen atoms in total. The third-order valence-corrected chi connectivity index (χ3v) is 6.82. The predicted octanol–water partition coefficient (Wildman–Crippen LogP) is 3.88. The zero-order valence-corrected chi connectivity index (χ0v) is 21.0. The van der Waals surface area contributed by atoms with Gasteiger partial charge in [-0.2, -0.15) is 0 Å². The highest BCUT2D eigenvalue weighted by molar-refractivity contribution is 6.01. The van der Waals surface area contributed by atoms with Crippen molar-refractivity contribution in [3.05, 3.63) is 89.7 Å². The van der Waals surface area contributed by atoms with Crippen molar-refractivity contribution >= 4 is 11.8 Å². The minimum absolute atomic E-state index is 0.104. The molecule has 3 atom stereocenters. The first-order chi connectivity index (χ1) is 17.4. The van der Waals surface area contributed by atoms with Gasteiger partial charge in [-0.3, -0.25) is 14.6 Å². The summed E-state index contributed by atoms with van der Waals surface area (Å²) >= 11 is 0. The molecule has 1 N–H and O–H groups in total. The number of aliphatic hydroxyl groups is 1. The summed E-state index contributed by atoms with van der Waals surface area (Å²) in [6, 6.07) is 18.5. The van der Waals surface area contributed by atoms with E-state index in [9.17, 15) is 14.7 Å². The highest BCUT2D eigenvalue weighted by Crippen LogP contribution is 2.31. The van der Waals surface area contributed by atoms with Gasteiger partial charge in [0.25, 0.3) is 11.8 Å². The molecule has 36 heavy (non-hydrogen) atoms. The number of aliphatic hydroxyl groups excluding tert-OH is 1. The molecule has 2 heterocycles. The fourth-order valence-electron chi connectivity index (χ4n) is 4.62. The van der Waals surface area contributed by atoms with Crippen LogP contribution in [0.5, 0.6) is 0 Å². The summed E-state index contributed by atoms with van der Waals surface area (Å²) in [5.41, 5.74) is 3.91. The Labute approximate surface area is 212 Å². The number of hydrogen-bond acceptors (Lipinski definition) is 5. The summed E-state index contributed by atoms with van der Waals surface area (Å²) in [7, 11) is 1.76. The summed E-state index contributed by atoms with van der Waals surface area (Å²) in [6.45, 7) is 4.80. The Hall–Kier alpha value is -3.55. The van der Waals surface area contributed by atoms with Crippen LogP contribution in [0.1, 0.15) is 40.1 Å². The molecule has 0 spiro atoms. The van der Waals surface area contributed by atoms with Gasteiger partial charge in [-0.25, -0.2) is 0 Å². The van der Waals surface area contributed by atoms with Gasteiger partial charge in [0.05, 0.1) is 25.4 Å². The largest absolute Gasteiger partial charge is 0.394 e. The van der Waals surface area contributed by atoms with Gasteiger partial charge < -0.3 is 19.6 Å². The molecule has 4 rings (SSSR count). The molecule has 2 aromatic carbocycles. The molecule has 0 saturated carbocycles. The van der Waals surface area contributed by atoms with Crippen LogP contribution < -0.4 is 0 Å². The quantitative estimate of drug-likeness (QED) is 0.591. The number of likely N-dealkylation sites (N-methyl/N-ethyl adjacent to an activating group) is 1. The summed E-state index contributed by atoms with van der Waals surface area (Å²) in [4.78, 5) is 34.2. The van der Waals surface area contributed by atoms with Crippen molar-refractivity contribution in [3.8, 4) is 11.1 Å². The molecular weight excluding hydrogens is 454 g/mol. The maximum absolute atomic E-state index is 13.8. The van der Waals surface area contributed by atoms with E-state index < -0.39 is 0 Å². The number of amides is 2. The fourth-order valence-corrected chi connectivity index (χ4v) is 4.62. The molecule has 1 aliphatic heterocycles. The van der Waals surface area contributed by atoms with E-state index in [-0.39, 0.29) is 36.5 Å². The maximum atomic E-state index is 13.8. The minimum atomic E-state index is -0.374. The van der Waals surface area contributed by atoms with Gasteiger partial charge in [0.15, 0.2) is 0 Å². The molecule has 1 aromatic heterocycles. The van der Waals surface area contributed by atoms with E-state index in [1.54, 1.807) is 41.4 Å². The van der Waals surface area contributed by atoms with Gasteiger partial charge in [-0.15, -0.1) is 0 Å². The normalized spacial score (nSPS) is 19.0. The summed E-state index contributed by atoms with van der Waals surface area (Å²) in [6.07, 6.45) is 2.86. The van der Waals surface area contributed by atoms with E-state index in [2.05, 4.69) is 4.98 Å². The van der Waals surface area contributed by atoms with Crippen LogP contribution in [0.4, 0.5) is 0 Å². The second kappa shape index (κ2) is 11.5. The van der Waals surface area contributed by atoms with E-state index in [1.165, 1.54) is 0 Å². The molecular formula is C29H33N3O4. The molecule has 0 saturated heterocycles. The van der Waals surface area contributed by atoms with Crippen LogP contribution in [-0.4, -0.2) is 70.6 Å². The van der Waals surface area contributed by atoms with Crippen LogP contribution >= 0.6 is 0 Å². The van der Waals surface area contributed by atoms with Crippen molar-refractivity contribution in [1.82, 2.24) is 14.8 Å². The first-order valence-corrected chi connectivity index (χ1v) is 12.3. The van der Waals surface area contributed by atoms with Crippen molar-refractivity contribution in [3.63, 3.8) is 0 Å². The molecule has 0 radical (unpaired) electrons. The Morgan fingerprint density at radius 3 is 2.42 bits per heavy atom. The molecule has 0 unspecified atom stereocenters. The second-order valence-electron chi connectivity index (χ2n) is 9.44. The molecule has 0 aliphatic carbocycles. The predicted molar refractivity (Wildman–Crippen MR) is 138 cm³/mol. The van der Waals surface area contributed by atoms with Crippen LogP contribution in [0.25, 0.3) is 11.1 Å². The highest BCUT2D eigenvalue weighted by atomic mass is 16.5. The van der Waals surface area contributed by atoms with Crippen LogP contribution in [0.3, 0.4) is 0 Å². The third-order valence-electron chi connectivity index (χ3n) is 6.82. The van der Waals surface area contributed by atoms with Gasteiger partial charge in [0.2, 0.25) is 0 Å². The molecule has 0 fully saturated rings. The number of rotatable bonds is 5. The van der Waals surface area contributed by atoms with E-state index in [0.717, 1.165) is 16.7 Å². The molecule has 2 amide bonds. The monoisotopic (exact) mass is 487 g/mol. The Kier molecular flexibility index (Phi) is 8.13. The number of benzene rings is 2. The number of carbonyl (C=O) groups excluding carboxylic acids is 2. The van der Waals surface area contributed by atoms with Crippen molar-refractivity contribution in [2.45, 2.75) is 32.6 Å². The Morgan fingerprint density at radius 2 is 1.72 bits per heavy atom. The zero-order valence-electron chi connectivity index (χ0n) is 21.0. The van der Waals surface area contributed by atoms with Gasteiger partial charge in [0.1, 0.15) is 0 Å². The highest BCUT2D eigenvalue weighted by Gasteiger charge is 2.31. The standard InChI is InChI=1S/C29H33N3O4/c1-20-16-32(21(2)18-33)29(35)26-11-7-6-10-25(26)24-9-5-4-8-23(24)19-36-27(20)17-31(3)28(34)22-12-14-30-15-13-22/h4-15,20-21,27,33H,16-19H2,1-3H3/t20-,21+,27-/m1/s1. The number of aromatic nitrogens is 1. The van der Waals surface area contributed by atoms with E-state index in [4.69, 9.17) is 4.74 Å². The summed E-state index contributed by atoms with van der Waals surface area (Å²) in [5, 5.41) is 9.97. The van der Waals surface area contributed by atoms with Crippen molar-refractivity contribution in [2.75, 3.05) is 26.7 Å².